The number of nitrogens with one attached hydrogen (secondary N) is 2. The second kappa shape index (κ2) is 6.42. The second-order valence-corrected chi connectivity index (χ2v) is 4.74. The molecule has 0 radical (unpaired) electrons. The van der Waals surface area contributed by atoms with Gasteiger partial charge < -0.3 is 10.6 Å². The molecule has 1 aromatic rings. The summed E-state index contributed by atoms with van der Waals surface area (Å²) in [6.45, 7) is 8.74. The van der Waals surface area contributed by atoms with Crippen LogP contribution < -0.4 is 10.6 Å². The standard InChI is InChI=1S/C13H24N4/c1-6-9(2)7-10(3)17-13-11(4)12(14-5)15-8-16-13/h8-10H,6-7H2,1-5H3,(H2,14,15,16,17). The van der Waals surface area contributed by atoms with E-state index >= 15 is 0 Å². The third kappa shape index (κ3) is 3.88. The van der Waals surface area contributed by atoms with Crippen molar-refractivity contribution in [2.75, 3.05) is 17.7 Å². The molecule has 1 aromatic heterocycles. The quantitative estimate of drug-likeness (QED) is 0.797. The molecule has 96 valence electrons. The van der Waals surface area contributed by atoms with E-state index in [-0.39, 0.29) is 0 Å². The lowest BCUT2D eigenvalue weighted by molar-refractivity contribution is 0.483. The zero-order chi connectivity index (χ0) is 12.8. The van der Waals surface area contributed by atoms with Crippen LogP contribution in [0.2, 0.25) is 0 Å². The van der Waals surface area contributed by atoms with Crippen molar-refractivity contribution >= 4 is 11.6 Å². The molecule has 17 heavy (non-hydrogen) atoms. The average molecular weight is 236 g/mol. The number of anilines is 2. The Balaban J connectivity index is 2.68. The molecule has 0 bridgehead atoms. The lowest BCUT2D eigenvalue weighted by atomic mass is 10.0. The number of nitrogens with zero attached hydrogens (tertiary/aromatic N) is 2. The fraction of sp³-hybridized carbons (Fsp3) is 0.692. The molecule has 0 saturated heterocycles. The number of rotatable bonds is 6. The van der Waals surface area contributed by atoms with Gasteiger partial charge in [0.1, 0.15) is 18.0 Å². The molecular formula is C13H24N4. The summed E-state index contributed by atoms with van der Waals surface area (Å²) >= 11 is 0. The summed E-state index contributed by atoms with van der Waals surface area (Å²) in [5, 5.41) is 6.53. The summed E-state index contributed by atoms with van der Waals surface area (Å²) in [5.41, 5.74) is 1.08. The van der Waals surface area contributed by atoms with E-state index in [2.05, 4.69) is 41.4 Å². The van der Waals surface area contributed by atoms with Crippen LogP contribution in [0.1, 0.15) is 39.2 Å². The molecule has 4 heteroatoms. The molecule has 0 saturated carbocycles. The Labute approximate surface area is 104 Å². The van der Waals surface area contributed by atoms with Crippen LogP contribution in [0.3, 0.4) is 0 Å². The molecule has 0 aliphatic heterocycles. The zero-order valence-corrected chi connectivity index (χ0v) is 11.5. The third-order valence-electron chi connectivity index (χ3n) is 3.16. The van der Waals surface area contributed by atoms with Crippen LogP contribution in [-0.2, 0) is 0 Å². The highest BCUT2D eigenvalue weighted by Gasteiger charge is 2.11. The monoisotopic (exact) mass is 236 g/mol. The van der Waals surface area contributed by atoms with Crippen molar-refractivity contribution < 1.29 is 0 Å². The first-order chi connectivity index (χ1) is 8.08. The average Bonchev–Trinajstić information content (AvgIpc) is 2.31. The molecule has 0 amide bonds. The maximum Gasteiger partial charge on any atom is 0.134 e. The summed E-state index contributed by atoms with van der Waals surface area (Å²) < 4.78 is 0. The predicted molar refractivity (Wildman–Crippen MR) is 73.5 cm³/mol. The Morgan fingerprint density at radius 1 is 1.24 bits per heavy atom. The maximum atomic E-state index is 4.30. The van der Waals surface area contributed by atoms with Gasteiger partial charge in [-0.1, -0.05) is 20.3 Å². The topological polar surface area (TPSA) is 49.8 Å². The summed E-state index contributed by atoms with van der Waals surface area (Å²) in [7, 11) is 1.88. The van der Waals surface area contributed by atoms with Crippen LogP contribution in [0.15, 0.2) is 6.33 Å². The predicted octanol–water partition coefficient (Wildman–Crippen LogP) is 3.06. The van der Waals surface area contributed by atoms with E-state index in [0.29, 0.717) is 6.04 Å². The van der Waals surface area contributed by atoms with Gasteiger partial charge in [0, 0.05) is 18.7 Å². The van der Waals surface area contributed by atoms with Gasteiger partial charge in [-0.3, -0.25) is 0 Å². The Kier molecular flexibility index (Phi) is 5.19. The van der Waals surface area contributed by atoms with Crippen LogP contribution in [0.25, 0.3) is 0 Å². The van der Waals surface area contributed by atoms with Gasteiger partial charge in [-0.25, -0.2) is 9.97 Å². The van der Waals surface area contributed by atoms with Crippen molar-refractivity contribution in [3.8, 4) is 0 Å². The van der Waals surface area contributed by atoms with E-state index in [1.165, 1.54) is 6.42 Å². The SMILES string of the molecule is CCC(C)CC(C)Nc1ncnc(NC)c1C. The molecule has 1 heterocycles. The minimum Gasteiger partial charge on any atom is -0.373 e. The second-order valence-electron chi connectivity index (χ2n) is 4.74. The van der Waals surface area contributed by atoms with Gasteiger partial charge in [0.25, 0.3) is 0 Å². The lowest BCUT2D eigenvalue weighted by Gasteiger charge is -2.19. The van der Waals surface area contributed by atoms with Crippen LogP contribution in [0.5, 0.6) is 0 Å². The fourth-order valence-electron chi connectivity index (χ4n) is 1.91. The first-order valence-electron chi connectivity index (χ1n) is 6.34. The molecule has 2 N–H and O–H groups in total. The first kappa shape index (κ1) is 13.7. The highest BCUT2D eigenvalue weighted by Crippen LogP contribution is 2.20. The highest BCUT2D eigenvalue weighted by molar-refractivity contribution is 5.56. The Hall–Kier alpha value is -1.32. The summed E-state index contributed by atoms with van der Waals surface area (Å²) in [5.74, 6) is 2.56. The van der Waals surface area contributed by atoms with E-state index in [0.717, 1.165) is 29.5 Å². The van der Waals surface area contributed by atoms with E-state index in [1.54, 1.807) is 6.33 Å². The van der Waals surface area contributed by atoms with Crippen LogP contribution in [0.4, 0.5) is 11.6 Å². The Bertz CT molecular complexity index is 351. The Morgan fingerprint density at radius 3 is 2.47 bits per heavy atom. The van der Waals surface area contributed by atoms with Gasteiger partial charge in [0.05, 0.1) is 0 Å². The van der Waals surface area contributed by atoms with Gasteiger partial charge in [-0.15, -0.1) is 0 Å². The number of hydrogen-bond donors (Lipinski definition) is 2. The third-order valence-corrected chi connectivity index (χ3v) is 3.16. The van der Waals surface area contributed by atoms with Crippen molar-refractivity contribution in [1.29, 1.82) is 0 Å². The van der Waals surface area contributed by atoms with Gasteiger partial charge in [0.15, 0.2) is 0 Å². The molecule has 0 aliphatic carbocycles. The largest absolute Gasteiger partial charge is 0.373 e. The number of aromatic nitrogens is 2. The van der Waals surface area contributed by atoms with Gasteiger partial charge >= 0.3 is 0 Å². The maximum absolute atomic E-state index is 4.30. The van der Waals surface area contributed by atoms with Crippen LogP contribution >= 0.6 is 0 Å². The molecule has 4 nitrogen and oxygen atoms in total. The van der Waals surface area contributed by atoms with E-state index in [1.807, 2.05) is 14.0 Å². The highest BCUT2D eigenvalue weighted by atomic mass is 15.1. The summed E-state index contributed by atoms with van der Waals surface area (Å²) in [6, 6.07) is 0.434. The van der Waals surface area contributed by atoms with Crippen molar-refractivity contribution in [2.24, 2.45) is 5.92 Å². The molecule has 0 aliphatic rings. The molecule has 2 unspecified atom stereocenters. The van der Waals surface area contributed by atoms with Gasteiger partial charge in [-0.2, -0.15) is 0 Å². The van der Waals surface area contributed by atoms with Crippen LogP contribution in [0, 0.1) is 12.8 Å². The van der Waals surface area contributed by atoms with E-state index in [9.17, 15) is 0 Å². The van der Waals surface area contributed by atoms with Gasteiger partial charge in [-0.05, 0) is 26.2 Å². The molecule has 0 spiro atoms. The van der Waals surface area contributed by atoms with Crippen LogP contribution in [-0.4, -0.2) is 23.1 Å². The lowest BCUT2D eigenvalue weighted by Crippen LogP contribution is -2.20. The minimum absolute atomic E-state index is 0.434. The molecule has 0 aromatic carbocycles. The first-order valence-corrected chi connectivity index (χ1v) is 6.34. The Morgan fingerprint density at radius 2 is 1.88 bits per heavy atom. The van der Waals surface area contributed by atoms with Crippen molar-refractivity contribution in [2.45, 2.75) is 46.6 Å². The normalized spacial score (nSPS) is 14.2. The molecular weight excluding hydrogens is 212 g/mol. The van der Waals surface area contributed by atoms with Crippen molar-refractivity contribution in [3.05, 3.63) is 11.9 Å². The zero-order valence-electron chi connectivity index (χ0n) is 11.5. The van der Waals surface area contributed by atoms with Gasteiger partial charge in [0.2, 0.25) is 0 Å². The smallest absolute Gasteiger partial charge is 0.134 e. The van der Waals surface area contributed by atoms with Crippen molar-refractivity contribution in [1.82, 2.24) is 9.97 Å². The molecule has 2 atom stereocenters. The van der Waals surface area contributed by atoms with E-state index in [4.69, 9.17) is 0 Å². The van der Waals surface area contributed by atoms with E-state index < -0.39 is 0 Å². The number of hydrogen-bond acceptors (Lipinski definition) is 4. The molecule has 0 fully saturated rings. The summed E-state index contributed by atoms with van der Waals surface area (Å²) in [4.78, 5) is 8.48. The minimum atomic E-state index is 0.434. The summed E-state index contributed by atoms with van der Waals surface area (Å²) in [6.07, 6.45) is 3.97. The fourth-order valence-corrected chi connectivity index (χ4v) is 1.91. The molecule has 1 rings (SSSR count). The van der Waals surface area contributed by atoms with Crippen molar-refractivity contribution in [3.63, 3.8) is 0 Å².